The van der Waals surface area contributed by atoms with Crippen LogP contribution < -0.4 is 4.74 Å². The van der Waals surface area contributed by atoms with E-state index in [1.54, 1.807) is 31.4 Å². The maximum absolute atomic E-state index is 13.0. The highest BCUT2D eigenvalue weighted by Crippen LogP contribution is 2.38. The molecular weight excluding hydrogens is 312 g/mol. The van der Waals surface area contributed by atoms with E-state index in [9.17, 15) is 14.7 Å². The lowest BCUT2D eigenvalue weighted by Gasteiger charge is -2.43. The molecule has 2 aliphatic rings. The minimum atomic E-state index is -1.03. The molecule has 0 aromatic heterocycles. The van der Waals surface area contributed by atoms with Crippen LogP contribution in [0, 0.1) is 0 Å². The van der Waals surface area contributed by atoms with Crippen LogP contribution in [0.25, 0.3) is 0 Å². The van der Waals surface area contributed by atoms with E-state index in [-0.39, 0.29) is 12.5 Å². The third-order valence-corrected chi connectivity index (χ3v) is 4.87. The van der Waals surface area contributed by atoms with Crippen molar-refractivity contribution in [1.29, 1.82) is 0 Å². The molecule has 0 saturated carbocycles. The van der Waals surface area contributed by atoms with E-state index in [0.717, 1.165) is 13.1 Å². The molecule has 7 heteroatoms. The summed E-state index contributed by atoms with van der Waals surface area (Å²) in [5.74, 6) is -0.701. The molecule has 1 N–H and O–H groups in total. The van der Waals surface area contributed by atoms with Gasteiger partial charge in [-0.3, -0.25) is 9.69 Å². The Labute approximate surface area is 140 Å². The van der Waals surface area contributed by atoms with Gasteiger partial charge in [-0.25, -0.2) is 4.79 Å². The van der Waals surface area contributed by atoms with Crippen molar-refractivity contribution >= 4 is 11.9 Å². The number of rotatable bonds is 3. The molecule has 0 unspecified atom stereocenters. The number of methoxy groups -OCH3 is 1. The van der Waals surface area contributed by atoms with E-state index in [1.807, 2.05) is 7.05 Å². The summed E-state index contributed by atoms with van der Waals surface area (Å²) in [4.78, 5) is 28.3. The van der Waals surface area contributed by atoms with E-state index in [0.29, 0.717) is 24.2 Å². The molecule has 3 rings (SSSR count). The molecule has 130 valence electrons. The average Bonchev–Trinajstić information content (AvgIpc) is 2.96. The lowest BCUT2D eigenvalue weighted by Crippen LogP contribution is -2.57. The fourth-order valence-electron chi connectivity index (χ4n) is 3.40. The number of carbonyl (C=O) groups is 2. The van der Waals surface area contributed by atoms with Gasteiger partial charge in [-0.2, -0.15) is 0 Å². The molecule has 0 bridgehead atoms. The van der Waals surface area contributed by atoms with Crippen molar-refractivity contribution in [2.75, 3.05) is 33.9 Å². The lowest BCUT2D eigenvalue weighted by atomic mass is 9.97. The predicted octanol–water partition coefficient (Wildman–Crippen LogP) is 1.04. The van der Waals surface area contributed by atoms with Crippen molar-refractivity contribution in [3.8, 4) is 5.75 Å². The summed E-state index contributed by atoms with van der Waals surface area (Å²) >= 11 is 0. The SMILES string of the molecule is COc1ccc(C(=O)N2[C@H](C(=O)O)COC23CCN(C)CC3)cc1. The van der Waals surface area contributed by atoms with Gasteiger partial charge >= 0.3 is 5.97 Å². The Kier molecular flexibility index (Phi) is 4.47. The number of piperidine rings is 1. The van der Waals surface area contributed by atoms with Crippen LogP contribution >= 0.6 is 0 Å². The molecule has 0 radical (unpaired) electrons. The van der Waals surface area contributed by atoms with Crippen molar-refractivity contribution in [1.82, 2.24) is 9.80 Å². The quantitative estimate of drug-likeness (QED) is 0.890. The van der Waals surface area contributed by atoms with Gasteiger partial charge in [0.25, 0.3) is 5.91 Å². The van der Waals surface area contributed by atoms with Crippen LogP contribution in [0.1, 0.15) is 23.2 Å². The normalized spacial score (nSPS) is 23.4. The molecule has 1 spiro atoms. The Morgan fingerprint density at radius 2 is 1.88 bits per heavy atom. The maximum atomic E-state index is 13.0. The zero-order chi connectivity index (χ0) is 17.3. The zero-order valence-electron chi connectivity index (χ0n) is 13.9. The third-order valence-electron chi connectivity index (χ3n) is 4.87. The van der Waals surface area contributed by atoms with Crippen LogP contribution in [-0.4, -0.2) is 72.4 Å². The maximum Gasteiger partial charge on any atom is 0.328 e. The van der Waals surface area contributed by atoms with Crippen LogP contribution in [0.5, 0.6) is 5.75 Å². The van der Waals surface area contributed by atoms with Crippen molar-refractivity contribution in [3.05, 3.63) is 29.8 Å². The van der Waals surface area contributed by atoms with Gasteiger partial charge in [0.2, 0.25) is 0 Å². The molecule has 1 atom stereocenters. The molecule has 1 aromatic rings. The first-order valence-electron chi connectivity index (χ1n) is 8.00. The van der Waals surface area contributed by atoms with Crippen LogP contribution in [0.3, 0.4) is 0 Å². The Hall–Kier alpha value is -2.12. The summed E-state index contributed by atoms with van der Waals surface area (Å²) in [7, 11) is 3.56. The van der Waals surface area contributed by atoms with Crippen molar-refractivity contribution in [2.24, 2.45) is 0 Å². The molecule has 2 fully saturated rings. The van der Waals surface area contributed by atoms with E-state index in [2.05, 4.69) is 4.90 Å². The lowest BCUT2D eigenvalue weighted by molar-refractivity contribution is -0.143. The van der Waals surface area contributed by atoms with Gasteiger partial charge in [-0.1, -0.05) is 0 Å². The number of carboxylic acids is 1. The van der Waals surface area contributed by atoms with Crippen LogP contribution in [0.4, 0.5) is 0 Å². The smallest absolute Gasteiger partial charge is 0.328 e. The second-order valence-corrected chi connectivity index (χ2v) is 6.32. The number of carbonyl (C=O) groups excluding carboxylic acids is 1. The van der Waals surface area contributed by atoms with Gasteiger partial charge in [0.15, 0.2) is 6.04 Å². The Bertz CT molecular complexity index is 622. The van der Waals surface area contributed by atoms with Crippen LogP contribution in [-0.2, 0) is 9.53 Å². The molecule has 2 heterocycles. The minimum Gasteiger partial charge on any atom is -0.497 e. The number of hydrogen-bond acceptors (Lipinski definition) is 5. The number of likely N-dealkylation sites (tertiary alicyclic amines) is 1. The third kappa shape index (κ3) is 2.85. The molecule has 2 saturated heterocycles. The fourth-order valence-corrected chi connectivity index (χ4v) is 3.40. The summed E-state index contributed by atoms with van der Waals surface area (Å²) in [5, 5.41) is 9.52. The number of hydrogen-bond donors (Lipinski definition) is 1. The number of carboxylic acid groups (broad SMARTS) is 1. The van der Waals surface area contributed by atoms with Gasteiger partial charge < -0.3 is 19.5 Å². The number of benzene rings is 1. The number of amides is 1. The van der Waals surface area contributed by atoms with E-state index in [1.165, 1.54) is 4.90 Å². The minimum absolute atomic E-state index is 0.0287. The topological polar surface area (TPSA) is 79.3 Å². The average molecular weight is 334 g/mol. The van der Waals surface area contributed by atoms with Crippen LogP contribution in [0.2, 0.25) is 0 Å². The number of nitrogens with zero attached hydrogens (tertiary/aromatic N) is 2. The summed E-state index contributed by atoms with van der Waals surface area (Å²) in [6, 6.07) is 5.74. The van der Waals surface area contributed by atoms with E-state index in [4.69, 9.17) is 9.47 Å². The molecule has 2 aliphatic heterocycles. The highest BCUT2D eigenvalue weighted by Gasteiger charge is 2.53. The summed E-state index contributed by atoms with van der Waals surface area (Å²) < 4.78 is 11.0. The second-order valence-electron chi connectivity index (χ2n) is 6.32. The molecule has 24 heavy (non-hydrogen) atoms. The first-order valence-corrected chi connectivity index (χ1v) is 8.00. The first-order chi connectivity index (χ1) is 11.5. The van der Waals surface area contributed by atoms with Crippen molar-refractivity contribution in [3.63, 3.8) is 0 Å². The predicted molar refractivity (Wildman–Crippen MR) is 86.0 cm³/mol. The molecule has 0 aliphatic carbocycles. The molecule has 1 amide bonds. The summed E-state index contributed by atoms with van der Waals surface area (Å²) in [5.41, 5.74) is -0.391. The first kappa shape index (κ1) is 16.7. The van der Waals surface area contributed by atoms with Gasteiger partial charge in [-0.15, -0.1) is 0 Å². The van der Waals surface area contributed by atoms with Crippen molar-refractivity contribution in [2.45, 2.75) is 24.6 Å². The molecule has 1 aromatic carbocycles. The number of ether oxygens (including phenoxy) is 2. The van der Waals surface area contributed by atoms with Gasteiger partial charge in [0, 0.05) is 31.5 Å². The van der Waals surface area contributed by atoms with Gasteiger partial charge in [0.1, 0.15) is 11.5 Å². The number of aliphatic carboxylic acids is 1. The summed E-state index contributed by atoms with van der Waals surface area (Å²) in [6.07, 6.45) is 1.21. The van der Waals surface area contributed by atoms with Gasteiger partial charge in [-0.05, 0) is 31.3 Å². The van der Waals surface area contributed by atoms with Crippen LogP contribution in [0.15, 0.2) is 24.3 Å². The van der Waals surface area contributed by atoms with E-state index >= 15 is 0 Å². The van der Waals surface area contributed by atoms with Gasteiger partial charge in [0.05, 0.1) is 13.7 Å². The Balaban J connectivity index is 1.92. The highest BCUT2D eigenvalue weighted by atomic mass is 16.5. The monoisotopic (exact) mass is 334 g/mol. The molecule has 7 nitrogen and oxygen atoms in total. The fraction of sp³-hybridized carbons (Fsp3) is 0.529. The standard InChI is InChI=1S/C17H22N2O5/c1-18-9-7-17(8-10-18)19(14(11-24-17)16(21)22)15(20)12-3-5-13(23-2)6-4-12/h3-6,14H,7-11H2,1-2H3,(H,21,22)/t14-/m0/s1. The highest BCUT2D eigenvalue weighted by molar-refractivity contribution is 5.97. The van der Waals surface area contributed by atoms with Crippen molar-refractivity contribution < 1.29 is 24.2 Å². The summed E-state index contributed by atoms with van der Waals surface area (Å²) in [6.45, 7) is 1.55. The largest absolute Gasteiger partial charge is 0.497 e. The molecular formula is C17H22N2O5. The second kappa shape index (κ2) is 6.41. The Morgan fingerprint density at radius 3 is 2.42 bits per heavy atom. The van der Waals surface area contributed by atoms with E-state index < -0.39 is 17.7 Å². The Morgan fingerprint density at radius 1 is 1.25 bits per heavy atom. The zero-order valence-corrected chi connectivity index (χ0v) is 13.9.